The molecule has 10 heteroatoms. The summed E-state index contributed by atoms with van der Waals surface area (Å²) in [5, 5.41) is 0. The van der Waals surface area contributed by atoms with E-state index in [0.29, 0.717) is 25.9 Å². The lowest BCUT2D eigenvalue weighted by Gasteiger charge is -2.50. The molecule has 6 rings (SSSR count). The summed E-state index contributed by atoms with van der Waals surface area (Å²) < 4.78 is 48.2. The molecule has 0 aromatic heterocycles. The molecule has 4 aliphatic carbocycles. The van der Waals surface area contributed by atoms with Crippen LogP contribution >= 0.6 is 0 Å². The van der Waals surface area contributed by atoms with Crippen LogP contribution in [0.15, 0.2) is 12.2 Å². The van der Waals surface area contributed by atoms with Gasteiger partial charge in [0.1, 0.15) is 30.0 Å². The predicted molar refractivity (Wildman–Crippen MR) is 140 cm³/mol. The zero-order chi connectivity index (χ0) is 28.7. The van der Waals surface area contributed by atoms with Crippen LogP contribution in [0.1, 0.15) is 51.9 Å². The average molecular weight is 565 g/mol. The number of hydrogen-bond donors (Lipinski definition) is 0. The van der Waals surface area contributed by atoms with E-state index < -0.39 is 58.7 Å². The maximum atomic E-state index is 13.7. The van der Waals surface area contributed by atoms with Crippen LogP contribution in [0.5, 0.6) is 0 Å². The lowest BCUT2D eigenvalue weighted by atomic mass is 9.60. The number of fused-ring (bicyclic) bond motifs is 1. The molecule has 0 aromatic carbocycles. The molecular weight excluding hydrogens is 520 g/mol. The molecule has 4 bridgehead atoms. The first-order valence-corrected chi connectivity index (χ1v) is 14.5. The highest BCUT2D eigenvalue weighted by atomic mass is 16.7. The second-order valence-electron chi connectivity index (χ2n) is 13.1. The molecule has 10 nitrogen and oxygen atoms in total. The van der Waals surface area contributed by atoms with Crippen molar-refractivity contribution in [1.29, 1.82) is 0 Å². The highest BCUT2D eigenvalue weighted by Crippen LogP contribution is 2.79. The zero-order valence-electron chi connectivity index (χ0n) is 24.6. The van der Waals surface area contributed by atoms with Crippen molar-refractivity contribution < 1.29 is 47.5 Å². The lowest BCUT2D eigenvalue weighted by molar-refractivity contribution is -0.335. The third-order valence-electron chi connectivity index (χ3n) is 11.6. The first-order chi connectivity index (χ1) is 19.1. The van der Waals surface area contributed by atoms with Crippen molar-refractivity contribution in [2.45, 2.75) is 93.8 Å². The smallest absolute Gasteiger partial charge is 0.312 e. The van der Waals surface area contributed by atoms with Gasteiger partial charge in [-0.05, 0) is 62.9 Å². The van der Waals surface area contributed by atoms with E-state index in [-0.39, 0.29) is 23.8 Å². The van der Waals surface area contributed by atoms with Crippen molar-refractivity contribution in [2.24, 2.45) is 28.6 Å². The molecule has 2 heterocycles. The number of rotatable bonds is 8. The molecule has 224 valence electrons. The molecule has 2 aliphatic heterocycles. The quantitative estimate of drug-likeness (QED) is 0.323. The molecule has 6 aliphatic rings. The minimum Gasteiger partial charge on any atom is -0.469 e. The van der Waals surface area contributed by atoms with Gasteiger partial charge in [0.05, 0.1) is 30.7 Å². The highest BCUT2D eigenvalue weighted by Gasteiger charge is 2.83. The fourth-order valence-electron chi connectivity index (χ4n) is 10.3. The summed E-state index contributed by atoms with van der Waals surface area (Å²) in [5.74, 6) is -1.08. The molecular formula is C30H44O10. The summed E-state index contributed by atoms with van der Waals surface area (Å²) in [6.07, 6.45) is 2.45. The molecule has 2 unspecified atom stereocenters. The Morgan fingerprint density at radius 3 is 2.40 bits per heavy atom. The number of carbonyl (C=O) groups excluding carboxylic acids is 2. The van der Waals surface area contributed by atoms with Crippen LogP contribution in [-0.4, -0.2) is 96.0 Å². The van der Waals surface area contributed by atoms with Crippen LogP contribution in [0.3, 0.4) is 0 Å². The Morgan fingerprint density at radius 1 is 1.02 bits per heavy atom. The Bertz CT molecular complexity index is 1060. The molecule has 0 radical (unpaired) electrons. The van der Waals surface area contributed by atoms with Gasteiger partial charge in [0.25, 0.3) is 0 Å². The van der Waals surface area contributed by atoms with Crippen molar-refractivity contribution in [3.05, 3.63) is 12.2 Å². The minimum absolute atomic E-state index is 0.0347. The Labute approximate surface area is 236 Å². The fraction of sp³-hybridized carbons (Fsp3) is 0.867. The highest BCUT2D eigenvalue weighted by molar-refractivity contribution is 5.85. The third kappa shape index (κ3) is 3.49. The van der Waals surface area contributed by atoms with Gasteiger partial charge in [0.15, 0.2) is 6.29 Å². The van der Waals surface area contributed by atoms with E-state index in [9.17, 15) is 9.59 Å². The Morgan fingerprint density at radius 2 is 1.75 bits per heavy atom. The predicted octanol–water partition coefficient (Wildman–Crippen LogP) is 2.81. The summed E-state index contributed by atoms with van der Waals surface area (Å²) in [6, 6.07) is 0. The maximum absolute atomic E-state index is 13.7. The summed E-state index contributed by atoms with van der Waals surface area (Å²) in [6.45, 7) is 6.82. The third-order valence-corrected chi connectivity index (χ3v) is 11.6. The molecule has 12 atom stereocenters. The molecule has 0 amide bonds. The number of methoxy groups -OCH3 is 5. The number of hydrogen-bond acceptors (Lipinski definition) is 10. The topological polar surface area (TPSA) is 108 Å². The molecule has 0 N–H and O–H groups in total. The Kier molecular flexibility index (Phi) is 6.95. The van der Waals surface area contributed by atoms with Gasteiger partial charge in [-0.1, -0.05) is 6.58 Å². The van der Waals surface area contributed by atoms with Crippen LogP contribution in [0, 0.1) is 28.6 Å². The van der Waals surface area contributed by atoms with Crippen LogP contribution in [0.25, 0.3) is 0 Å². The molecule has 6 fully saturated rings. The molecule has 2 saturated heterocycles. The van der Waals surface area contributed by atoms with Crippen molar-refractivity contribution in [3.8, 4) is 0 Å². The Hall–Kier alpha value is -1.56. The van der Waals surface area contributed by atoms with Crippen LogP contribution in [0.4, 0.5) is 0 Å². The second kappa shape index (κ2) is 9.74. The van der Waals surface area contributed by atoms with Crippen LogP contribution in [-0.2, 0) is 47.5 Å². The normalized spacial score (nSPS) is 50.9. The van der Waals surface area contributed by atoms with Gasteiger partial charge in [-0.15, -0.1) is 0 Å². The monoisotopic (exact) mass is 564 g/mol. The largest absolute Gasteiger partial charge is 0.469 e. The van der Waals surface area contributed by atoms with E-state index >= 15 is 0 Å². The van der Waals surface area contributed by atoms with Gasteiger partial charge in [0.2, 0.25) is 0 Å². The SMILES string of the molecule is C=C1C[C@]23C[C@@]1(O[C@@H]1O[C@H](COC)[C@@H](OC)[C@H](OC)[C@H]1OC)CCC2[C@@]12CCCC(C)(C(=O)O1)[C@H]2[C@@H]3C(=O)OC. The summed E-state index contributed by atoms with van der Waals surface area (Å²) >= 11 is 0. The second-order valence-corrected chi connectivity index (χ2v) is 13.1. The molecule has 4 saturated carbocycles. The first kappa shape index (κ1) is 28.6. The minimum atomic E-state index is -0.768. The maximum Gasteiger partial charge on any atom is 0.312 e. The van der Waals surface area contributed by atoms with Gasteiger partial charge in [-0.2, -0.15) is 0 Å². The molecule has 1 spiro atoms. The average Bonchev–Trinajstić information content (AvgIpc) is 3.35. The van der Waals surface area contributed by atoms with E-state index in [1.807, 2.05) is 6.92 Å². The zero-order valence-corrected chi connectivity index (χ0v) is 24.6. The number of carbonyl (C=O) groups is 2. The van der Waals surface area contributed by atoms with Crippen molar-refractivity contribution in [1.82, 2.24) is 0 Å². The van der Waals surface area contributed by atoms with Gasteiger partial charge >= 0.3 is 11.9 Å². The van der Waals surface area contributed by atoms with E-state index in [2.05, 4.69) is 6.58 Å². The molecule has 40 heavy (non-hydrogen) atoms. The fourth-order valence-corrected chi connectivity index (χ4v) is 10.3. The van der Waals surface area contributed by atoms with E-state index in [1.165, 1.54) is 7.11 Å². The van der Waals surface area contributed by atoms with Crippen molar-refractivity contribution in [2.75, 3.05) is 42.2 Å². The van der Waals surface area contributed by atoms with Crippen LogP contribution in [0.2, 0.25) is 0 Å². The van der Waals surface area contributed by atoms with Gasteiger partial charge in [-0.25, -0.2) is 0 Å². The van der Waals surface area contributed by atoms with E-state index in [0.717, 1.165) is 31.3 Å². The molecule has 0 aromatic rings. The number of ether oxygens (including phenoxy) is 8. The van der Waals surface area contributed by atoms with Crippen molar-refractivity contribution in [3.63, 3.8) is 0 Å². The standard InChI is InChI=1S/C30H44O10/c1-16-13-28-15-29(16,39-25-22(36-6)21(35-5)20(34-4)17(38-25)14-33-3)12-9-18(28)30-11-8-10-27(2,26(32)40-30)23(30)19(28)24(31)37-7/h17-23,25H,1,8-15H2,2-7H3/t17-,18?,19-,20-,21+,22-,23-,25+,27?,28+,29+,30-/m1/s1. The van der Waals surface area contributed by atoms with Gasteiger partial charge in [0, 0.05) is 40.3 Å². The van der Waals surface area contributed by atoms with Crippen LogP contribution < -0.4 is 0 Å². The van der Waals surface area contributed by atoms with E-state index in [4.69, 9.17) is 37.9 Å². The summed E-state index contributed by atoms with van der Waals surface area (Å²) in [5.41, 5.74) is -1.60. The van der Waals surface area contributed by atoms with E-state index in [1.54, 1.807) is 28.4 Å². The first-order valence-electron chi connectivity index (χ1n) is 14.5. The number of esters is 2. The summed E-state index contributed by atoms with van der Waals surface area (Å²) in [4.78, 5) is 27.0. The van der Waals surface area contributed by atoms with Gasteiger partial charge in [-0.3, -0.25) is 9.59 Å². The Balaban J connectivity index is 1.37. The van der Waals surface area contributed by atoms with Gasteiger partial charge < -0.3 is 37.9 Å². The summed E-state index contributed by atoms with van der Waals surface area (Å²) in [7, 11) is 7.91. The van der Waals surface area contributed by atoms with Crippen molar-refractivity contribution >= 4 is 11.9 Å². The lowest BCUT2D eigenvalue weighted by Crippen LogP contribution is -2.63.